The number of amides is 1. The van der Waals surface area contributed by atoms with Gasteiger partial charge in [0.25, 0.3) is 0 Å². The summed E-state index contributed by atoms with van der Waals surface area (Å²) in [4.78, 5) is 25.3. The second-order valence-corrected chi connectivity index (χ2v) is 8.68. The third kappa shape index (κ3) is 4.67. The SMILES string of the molecule is CC=C(C)C=CC=CC1C2CC2C2=C(SCC(NC(C)=O)C(=O)O)C=CC[NH+]21. The molecule has 0 spiro atoms. The van der Waals surface area contributed by atoms with Gasteiger partial charge in [0.2, 0.25) is 5.91 Å². The fourth-order valence-corrected chi connectivity index (χ4v) is 5.26. The second kappa shape index (κ2) is 8.97. The predicted molar refractivity (Wildman–Crippen MR) is 113 cm³/mol. The summed E-state index contributed by atoms with van der Waals surface area (Å²) in [5.41, 5.74) is 2.69. The molecule has 1 saturated heterocycles. The maximum atomic E-state index is 11.4. The van der Waals surface area contributed by atoms with Gasteiger partial charge in [-0.1, -0.05) is 29.9 Å². The molecule has 1 saturated carbocycles. The quantitative estimate of drug-likeness (QED) is 0.545. The van der Waals surface area contributed by atoms with Crippen molar-refractivity contribution in [3.63, 3.8) is 0 Å². The molecule has 3 rings (SSSR count). The Balaban J connectivity index is 1.69. The highest BCUT2D eigenvalue weighted by Gasteiger charge is 2.60. The van der Waals surface area contributed by atoms with E-state index in [-0.39, 0.29) is 5.91 Å². The van der Waals surface area contributed by atoms with Gasteiger partial charge in [0, 0.05) is 24.5 Å². The fourth-order valence-electron chi connectivity index (χ4n) is 4.05. The topological polar surface area (TPSA) is 70.8 Å². The van der Waals surface area contributed by atoms with Crippen LogP contribution in [-0.4, -0.2) is 41.4 Å². The number of thioether (sulfide) groups is 1. The zero-order chi connectivity index (χ0) is 20.3. The zero-order valence-electron chi connectivity index (χ0n) is 16.6. The van der Waals surface area contributed by atoms with Crippen molar-refractivity contribution < 1.29 is 19.6 Å². The third-order valence-electron chi connectivity index (χ3n) is 5.62. The molecule has 0 aromatic rings. The minimum absolute atomic E-state index is 0.313. The molecular weight excluding hydrogens is 372 g/mol. The number of carboxylic acid groups (broad SMARTS) is 1. The molecular formula is C22H29N2O3S+. The van der Waals surface area contributed by atoms with Crippen LogP contribution < -0.4 is 10.2 Å². The Morgan fingerprint density at radius 1 is 1.39 bits per heavy atom. The molecule has 1 amide bonds. The zero-order valence-corrected chi connectivity index (χ0v) is 17.5. The Morgan fingerprint density at radius 2 is 2.18 bits per heavy atom. The van der Waals surface area contributed by atoms with E-state index in [1.54, 1.807) is 11.8 Å². The summed E-state index contributed by atoms with van der Waals surface area (Å²) in [5, 5.41) is 11.9. The highest BCUT2D eigenvalue weighted by Crippen LogP contribution is 2.51. The molecule has 0 aromatic heterocycles. The summed E-state index contributed by atoms with van der Waals surface area (Å²) in [7, 11) is 0. The standard InChI is InChI=1S/C22H28N2O3S/c1-4-14(2)8-5-6-9-19-16-12-17(16)21-20(10-7-11-24(19)21)28-13-18(22(26)27)23-15(3)25/h4-10,16-19H,11-13H2,1-3H3,(H,23,25)(H,26,27)/p+1. The number of piperidine rings is 1. The van der Waals surface area contributed by atoms with Gasteiger partial charge in [0.15, 0.2) is 0 Å². The first-order valence-electron chi connectivity index (χ1n) is 9.79. The molecule has 150 valence electrons. The van der Waals surface area contributed by atoms with Crippen molar-refractivity contribution in [1.29, 1.82) is 0 Å². The molecule has 28 heavy (non-hydrogen) atoms. The van der Waals surface area contributed by atoms with E-state index in [0.29, 0.717) is 23.6 Å². The Kier molecular flexibility index (Phi) is 6.62. The van der Waals surface area contributed by atoms with Crippen molar-refractivity contribution in [2.75, 3.05) is 12.3 Å². The number of hydrogen-bond acceptors (Lipinski definition) is 3. The van der Waals surface area contributed by atoms with Gasteiger partial charge in [0.05, 0.1) is 4.91 Å². The molecule has 5 atom stereocenters. The fraction of sp³-hybridized carbons (Fsp3) is 0.455. The van der Waals surface area contributed by atoms with Gasteiger partial charge in [-0.15, -0.1) is 11.8 Å². The summed E-state index contributed by atoms with van der Waals surface area (Å²) < 4.78 is 0. The van der Waals surface area contributed by atoms with E-state index >= 15 is 0 Å². The maximum absolute atomic E-state index is 11.4. The lowest BCUT2D eigenvalue weighted by Crippen LogP contribution is -3.13. The van der Waals surface area contributed by atoms with E-state index in [1.165, 1.54) is 34.4 Å². The minimum Gasteiger partial charge on any atom is -0.480 e. The Hall–Kier alpha value is -2.05. The number of carbonyl (C=O) groups excluding carboxylic acids is 1. The number of fused-ring (bicyclic) bond motifs is 3. The first kappa shape index (κ1) is 20.7. The Bertz CT molecular complexity index is 794. The van der Waals surface area contributed by atoms with Crippen LogP contribution in [0.4, 0.5) is 0 Å². The lowest BCUT2D eigenvalue weighted by molar-refractivity contribution is -0.869. The number of allylic oxidation sites excluding steroid dienone is 7. The largest absolute Gasteiger partial charge is 0.480 e. The summed E-state index contributed by atoms with van der Waals surface area (Å²) in [6.45, 7) is 6.46. The van der Waals surface area contributed by atoms with Gasteiger partial charge < -0.3 is 10.4 Å². The molecule has 5 nitrogen and oxygen atoms in total. The van der Waals surface area contributed by atoms with E-state index in [0.717, 1.165) is 6.54 Å². The lowest BCUT2D eigenvalue weighted by Gasteiger charge is -2.26. The molecule has 6 heteroatoms. The Morgan fingerprint density at radius 3 is 2.86 bits per heavy atom. The number of quaternary nitrogens is 1. The minimum atomic E-state index is -0.989. The molecule has 0 radical (unpaired) electrons. The monoisotopic (exact) mass is 401 g/mol. The summed E-state index contributed by atoms with van der Waals surface area (Å²) in [6.07, 6.45) is 16.3. The molecule has 2 aliphatic heterocycles. The van der Waals surface area contributed by atoms with E-state index in [2.05, 4.69) is 54.8 Å². The van der Waals surface area contributed by atoms with Gasteiger partial charge in [-0.2, -0.15) is 0 Å². The van der Waals surface area contributed by atoms with E-state index in [9.17, 15) is 14.7 Å². The van der Waals surface area contributed by atoms with Crippen LogP contribution in [0.5, 0.6) is 0 Å². The van der Waals surface area contributed by atoms with Crippen molar-refractivity contribution in [3.8, 4) is 0 Å². The molecule has 3 aliphatic rings. The van der Waals surface area contributed by atoms with Crippen LogP contribution in [0.15, 0.2) is 58.7 Å². The van der Waals surface area contributed by atoms with Crippen molar-refractivity contribution in [1.82, 2.24) is 5.32 Å². The summed E-state index contributed by atoms with van der Waals surface area (Å²) in [6, 6.07) is -0.372. The smallest absolute Gasteiger partial charge is 0.327 e. The average molecular weight is 402 g/mol. The number of carbonyl (C=O) groups is 2. The van der Waals surface area contributed by atoms with Crippen molar-refractivity contribution in [2.24, 2.45) is 11.8 Å². The van der Waals surface area contributed by atoms with Crippen LogP contribution in [0.1, 0.15) is 27.2 Å². The van der Waals surface area contributed by atoms with Crippen LogP contribution in [0.25, 0.3) is 0 Å². The highest BCUT2D eigenvalue weighted by atomic mass is 32.2. The maximum Gasteiger partial charge on any atom is 0.327 e. The van der Waals surface area contributed by atoms with E-state index in [1.807, 2.05) is 6.92 Å². The molecule has 2 fully saturated rings. The summed E-state index contributed by atoms with van der Waals surface area (Å²) in [5.74, 6) is 0.346. The first-order chi connectivity index (χ1) is 13.4. The second-order valence-electron chi connectivity index (χ2n) is 7.62. The van der Waals surface area contributed by atoms with Crippen LogP contribution in [0.2, 0.25) is 0 Å². The molecule has 0 bridgehead atoms. The van der Waals surface area contributed by atoms with Gasteiger partial charge in [-0.05, 0) is 38.5 Å². The Labute approximate surface area is 170 Å². The van der Waals surface area contributed by atoms with E-state index in [4.69, 9.17) is 0 Å². The predicted octanol–water partition coefficient (Wildman–Crippen LogP) is 2.07. The normalized spacial score (nSPS) is 29.9. The third-order valence-corrected chi connectivity index (χ3v) is 6.78. The number of hydrogen-bond donors (Lipinski definition) is 3. The lowest BCUT2D eigenvalue weighted by atomic mass is 10.1. The molecule has 2 heterocycles. The number of aliphatic carboxylic acids is 1. The van der Waals surface area contributed by atoms with Crippen LogP contribution >= 0.6 is 11.8 Å². The molecule has 3 N–H and O–H groups in total. The van der Waals surface area contributed by atoms with Gasteiger partial charge in [-0.3, -0.25) is 9.69 Å². The van der Waals surface area contributed by atoms with Gasteiger partial charge in [0.1, 0.15) is 24.3 Å². The average Bonchev–Trinajstić information content (AvgIpc) is 3.38. The molecule has 0 aromatic carbocycles. The van der Waals surface area contributed by atoms with E-state index < -0.39 is 12.0 Å². The number of carboxylic acids is 1. The molecule has 1 aliphatic carbocycles. The van der Waals surface area contributed by atoms with Crippen molar-refractivity contribution in [3.05, 3.63) is 58.7 Å². The molecule has 5 unspecified atom stereocenters. The van der Waals surface area contributed by atoms with Gasteiger partial charge >= 0.3 is 5.97 Å². The first-order valence-corrected chi connectivity index (χ1v) is 10.8. The number of rotatable bonds is 8. The van der Waals surface area contributed by atoms with Crippen LogP contribution in [-0.2, 0) is 9.59 Å². The summed E-state index contributed by atoms with van der Waals surface area (Å²) >= 11 is 1.55. The van der Waals surface area contributed by atoms with Crippen molar-refractivity contribution >= 4 is 23.6 Å². The van der Waals surface area contributed by atoms with Crippen molar-refractivity contribution in [2.45, 2.75) is 39.3 Å². The van der Waals surface area contributed by atoms with Gasteiger partial charge in [-0.25, -0.2) is 4.79 Å². The highest BCUT2D eigenvalue weighted by molar-refractivity contribution is 8.03. The number of nitrogens with one attached hydrogen (secondary N) is 2. The van der Waals surface area contributed by atoms with Crippen LogP contribution in [0.3, 0.4) is 0 Å². The van der Waals surface area contributed by atoms with Crippen LogP contribution in [0, 0.1) is 11.8 Å².